The van der Waals surface area contributed by atoms with E-state index >= 15 is 0 Å². The summed E-state index contributed by atoms with van der Waals surface area (Å²) in [5.41, 5.74) is 2.12. The van der Waals surface area contributed by atoms with Gasteiger partial charge in [0.2, 0.25) is 15.9 Å². The number of carboxylic acid groups (broad SMARTS) is 1. The van der Waals surface area contributed by atoms with Crippen LogP contribution in [0.15, 0.2) is 47.4 Å². The molecule has 3 heterocycles. The van der Waals surface area contributed by atoms with Crippen molar-refractivity contribution in [2.24, 2.45) is 11.3 Å². The Morgan fingerprint density at radius 2 is 2.00 bits per heavy atom. The van der Waals surface area contributed by atoms with Crippen molar-refractivity contribution in [3.63, 3.8) is 0 Å². The number of nitrogens with zero attached hydrogens (tertiary/aromatic N) is 2. The molecule has 3 atom stereocenters. The molecule has 0 aliphatic carbocycles. The van der Waals surface area contributed by atoms with Crippen LogP contribution in [0, 0.1) is 11.3 Å². The van der Waals surface area contributed by atoms with Gasteiger partial charge in [0.25, 0.3) is 0 Å². The molecule has 1 amide bonds. The standard InChI is InChI=1S/C29H36N4O6S2/c1-29(2)16-19-6-5-9-24(26(19)30-17-29)41(38,39)32-21(15-25-31-20-7-3-4-8-23(20)40-25)27(35)33-12-10-18(11-13-34)14-22(33)28(36)37/h3-9,18,21-22,30,32,34H,10-17H2,1-2H3,(H,36,37)/t18-,21-,22+/m0/s1. The third kappa shape index (κ3) is 6.40. The van der Waals surface area contributed by atoms with E-state index in [4.69, 9.17) is 0 Å². The summed E-state index contributed by atoms with van der Waals surface area (Å²) in [6, 6.07) is 10.3. The molecule has 2 aliphatic rings. The van der Waals surface area contributed by atoms with E-state index < -0.39 is 34.0 Å². The highest BCUT2D eigenvalue weighted by Crippen LogP contribution is 2.36. The van der Waals surface area contributed by atoms with Gasteiger partial charge in [-0.05, 0) is 60.8 Å². The van der Waals surface area contributed by atoms with Crippen molar-refractivity contribution in [3.05, 3.63) is 53.0 Å². The molecule has 4 N–H and O–H groups in total. The Kier molecular flexibility index (Phi) is 8.38. The van der Waals surface area contributed by atoms with Crippen LogP contribution < -0.4 is 10.0 Å². The van der Waals surface area contributed by atoms with Crippen molar-refractivity contribution in [2.75, 3.05) is 25.0 Å². The SMILES string of the molecule is CC1(C)CNc2c(cccc2S(=O)(=O)N[C@@H](Cc2nc3ccccc3s2)C(=O)N2CC[C@@H](CCO)C[C@@H]2C(=O)O)C1. The maximum atomic E-state index is 14.0. The van der Waals surface area contributed by atoms with Crippen LogP contribution in [-0.2, 0) is 32.5 Å². The van der Waals surface area contributed by atoms with E-state index in [9.17, 15) is 28.2 Å². The van der Waals surface area contributed by atoms with E-state index in [1.54, 1.807) is 6.07 Å². The Morgan fingerprint density at radius 1 is 1.22 bits per heavy atom. The highest BCUT2D eigenvalue weighted by Gasteiger charge is 2.40. The molecule has 1 fully saturated rings. The molecule has 0 bridgehead atoms. The highest BCUT2D eigenvalue weighted by molar-refractivity contribution is 7.89. The lowest BCUT2D eigenvalue weighted by atomic mass is 9.82. The van der Waals surface area contributed by atoms with Crippen molar-refractivity contribution in [1.82, 2.24) is 14.6 Å². The van der Waals surface area contributed by atoms with Gasteiger partial charge in [0.15, 0.2) is 0 Å². The summed E-state index contributed by atoms with van der Waals surface area (Å²) in [5, 5.41) is 23.2. The third-order valence-electron chi connectivity index (χ3n) is 7.94. The fourth-order valence-corrected chi connectivity index (χ4v) is 8.28. The van der Waals surface area contributed by atoms with Crippen molar-refractivity contribution >= 4 is 49.1 Å². The Labute approximate surface area is 243 Å². The second-order valence-corrected chi connectivity index (χ2v) is 14.5. The molecular formula is C29H36N4O6S2. The zero-order valence-electron chi connectivity index (χ0n) is 23.2. The first-order chi connectivity index (χ1) is 19.5. The fourth-order valence-electron chi connectivity index (χ4n) is 5.85. The normalized spacial score (nSPS) is 21.2. The molecule has 1 saturated heterocycles. The molecule has 2 aliphatic heterocycles. The van der Waals surface area contributed by atoms with Gasteiger partial charge < -0.3 is 20.4 Å². The third-order valence-corrected chi connectivity index (χ3v) is 10.5. The summed E-state index contributed by atoms with van der Waals surface area (Å²) in [5.74, 6) is -1.77. The van der Waals surface area contributed by atoms with Crippen LogP contribution >= 0.6 is 11.3 Å². The number of benzene rings is 2. The van der Waals surface area contributed by atoms with Crippen LogP contribution in [0.4, 0.5) is 5.69 Å². The van der Waals surface area contributed by atoms with E-state index in [-0.39, 0.29) is 42.2 Å². The number of amides is 1. The Balaban J connectivity index is 1.48. The Hall–Kier alpha value is -3.06. The summed E-state index contributed by atoms with van der Waals surface area (Å²) in [7, 11) is -4.19. The number of likely N-dealkylation sites (tertiary alicyclic amines) is 1. The summed E-state index contributed by atoms with van der Waals surface area (Å²) >= 11 is 1.38. The number of nitrogens with one attached hydrogen (secondary N) is 2. The number of hydrogen-bond donors (Lipinski definition) is 4. The highest BCUT2D eigenvalue weighted by atomic mass is 32.2. The molecule has 12 heteroatoms. The van der Waals surface area contributed by atoms with Gasteiger partial charge in [0, 0.05) is 26.1 Å². The van der Waals surface area contributed by atoms with E-state index in [1.807, 2.05) is 30.3 Å². The first-order valence-electron chi connectivity index (χ1n) is 13.8. The predicted octanol–water partition coefficient (Wildman–Crippen LogP) is 3.25. The van der Waals surface area contributed by atoms with Gasteiger partial charge in [-0.3, -0.25) is 4.79 Å². The number of fused-ring (bicyclic) bond motifs is 2. The van der Waals surface area contributed by atoms with Crippen molar-refractivity contribution in [1.29, 1.82) is 0 Å². The second-order valence-electron chi connectivity index (χ2n) is 11.7. The van der Waals surface area contributed by atoms with Crippen molar-refractivity contribution in [3.8, 4) is 0 Å². The van der Waals surface area contributed by atoms with E-state index in [1.165, 1.54) is 22.3 Å². The number of carbonyl (C=O) groups is 2. The smallest absolute Gasteiger partial charge is 0.326 e. The average Bonchev–Trinajstić information content (AvgIpc) is 3.34. The van der Waals surface area contributed by atoms with Crippen LogP contribution in [0.5, 0.6) is 0 Å². The zero-order chi connectivity index (χ0) is 29.4. The minimum atomic E-state index is -4.19. The first kappa shape index (κ1) is 29.4. The summed E-state index contributed by atoms with van der Waals surface area (Å²) in [6.45, 7) is 4.92. The van der Waals surface area contributed by atoms with Gasteiger partial charge in [-0.1, -0.05) is 38.1 Å². The maximum absolute atomic E-state index is 14.0. The molecule has 0 spiro atoms. The Bertz CT molecular complexity index is 1520. The Morgan fingerprint density at radius 3 is 2.73 bits per heavy atom. The predicted molar refractivity (Wildman–Crippen MR) is 157 cm³/mol. The number of thiazole rings is 1. The molecule has 220 valence electrons. The number of aromatic nitrogens is 1. The van der Waals surface area contributed by atoms with Gasteiger partial charge in [-0.2, -0.15) is 4.72 Å². The number of sulfonamides is 1. The lowest BCUT2D eigenvalue weighted by molar-refractivity contribution is -0.154. The quantitative estimate of drug-likeness (QED) is 0.293. The fraction of sp³-hybridized carbons (Fsp3) is 0.483. The largest absolute Gasteiger partial charge is 0.480 e. The van der Waals surface area contributed by atoms with Crippen LogP contribution in [0.25, 0.3) is 10.2 Å². The number of carbonyl (C=O) groups excluding carboxylic acids is 1. The maximum Gasteiger partial charge on any atom is 0.326 e. The molecule has 41 heavy (non-hydrogen) atoms. The van der Waals surface area contributed by atoms with Crippen molar-refractivity contribution in [2.45, 2.75) is 62.9 Å². The molecule has 0 radical (unpaired) electrons. The number of para-hydroxylation sites is 2. The number of aliphatic hydroxyl groups excluding tert-OH is 1. The number of hydrogen-bond acceptors (Lipinski definition) is 8. The minimum Gasteiger partial charge on any atom is -0.480 e. The average molecular weight is 601 g/mol. The van der Waals surface area contributed by atoms with E-state index in [2.05, 4.69) is 28.9 Å². The topological polar surface area (TPSA) is 149 Å². The number of aliphatic carboxylic acids is 1. The minimum absolute atomic E-state index is 0.0181. The number of piperidine rings is 1. The molecular weight excluding hydrogens is 564 g/mol. The number of aliphatic hydroxyl groups is 1. The molecule has 3 aromatic rings. The van der Waals surface area contributed by atoms with Gasteiger partial charge in [0.1, 0.15) is 17.0 Å². The van der Waals surface area contributed by atoms with Gasteiger partial charge in [0.05, 0.1) is 20.9 Å². The van der Waals surface area contributed by atoms with Crippen molar-refractivity contribution < 1.29 is 28.2 Å². The number of rotatable bonds is 9. The summed E-state index contributed by atoms with van der Waals surface area (Å²) in [4.78, 5) is 32.2. The molecule has 1 aromatic heterocycles. The lowest BCUT2D eigenvalue weighted by Gasteiger charge is -2.39. The van der Waals surface area contributed by atoms with Crippen LogP contribution in [0.2, 0.25) is 0 Å². The molecule has 10 nitrogen and oxygen atoms in total. The molecule has 0 unspecified atom stereocenters. The van der Waals surface area contributed by atoms with E-state index in [0.29, 0.717) is 36.5 Å². The van der Waals surface area contributed by atoms with Crippen LogP contribution in [0.1, 0.15) is 43.7 Å². The number of carboxylic acids is 1. The summed E-state index contributed by atoms with van der Waals surface area (Å²) < 4.78 is 31.3. The zero-order valence-corrected chi connectivity index (χ0v) is 24.8. The molecule has 0 saturated carbocycles. The van der Waals surface area contributed by atoms with Crippen LogP contribution in [-0.4, -0.2) is 72.2 Å². The van der Waals surface area contributed by atoms with Gasteiger partial charge in [-0.25, -0.2) is 18.2 Å². The first-order valence-corrected chi connectivity index (χ1v) is 16.1. The number of anilines is 1. The summed E-state index contributed by atoms with van der Waals surface area (Å²) in [6.07, 6.45) is 1.87. The van der Waals surface area contributed by atoms with Crippen LogP contribution in [0.3, 0.4) is 0 Å². The van der Waals surface area contributed by atoms with Gasteiger partial charge in [-0.15, -0.1) is 11.3 Å². The van der Waals surface area contributed by atoms with Gasteiger partial charge >= 0.3 is 5.97 Å². The van der Waals surface area contributed by atoms with E-state index in [0.717, 1.165) is 15.8 Å². The lowest BCUT2D eigenvalue weighted by Crippen LogP contribution is -2.57. The molecule has 5 rings (SSSR count). The second kappa shape index (κ2) is 11.7. The monoisotopic (exact) mass is 600 g/mol. The molecule has 2 aromatic carbocycles.